The van der Waals surface area contributed by atoms with Crippen molar-refractivity contribution in [1.82, 2.24) is 10.8 Å². The van der Waals surface area contributed by atoms with Gasteiger partial charge in [-0.2, -0.15) is 0 Å². The van der Waals surface area contributed by atoms with Gasteiger partial charge in [-0.25, -0.2) is 0 Å². The SMILES string of the molecule is COc1ccc(-c2conc2-c2cc(OC)c3c(c2)ONO3)c(O)c1. The molecule has 0 bridgehead atoms. The number of nitrogens with zero attached hydrogens (tertiary/aromatic N) is 1. The zero-order valence-electron chi connectivity index (χ0n) is 13.4. The van der Waals surface area contributed by atoms with Crippen molar-refractivity contribution in [2.45, 2.75) is 0 Å². The van der Waals surface area contributed by atoms with Crippen LogP contribution < -0.4 is 24.8 Å². The topological polar surface area (TPSA) is 95.2 Å². The minimum absolute atomic E-state index is 0.0539. The Bertz CT molecular complexity index is 937. The maximum Gasteiger partial charge on any atom is 0.237 e. The van der Waals surface area contributed by atoms with E-state index in [1.165, 1.54) is 26.5 Å². The fraction of sp³-hybridized carbons (Fsp3) is 0.118. The Balaban J connectivity index is 1.83. The van der Waals surface area contributed by atoms with Crippen molar-refractivity contribution in [2.24, 2.45) is 0 Å². The van der Waals surface area contributed by atoms with Crippen LogP contribution in [0.25, 0.3) is 22.4 Å². The van der Waals surface area contributed by atoms with E-state index >= 15 is 0 Å². The van der Waals surface area contributed by atoms with Crippen LogP contribution in [0.1, 0.15) is 0 Å². The van der Waals surface area contributed by atoms with Crippen molar-refractivity contribution in [1.29, 1.82) is 0 Å². The molecule has 0 amide bonds. The Labute approximate surface area is 142 Å². The second-order valence-electron chi connectivity index (χ2n) is 5.25. The Hall–Kier alpha value is -3.39. The molecule has 1 aromatic heterocycles. The predicted octanol–water partition coefficient (Wildman–Crippen LogP) is 2.92. The molecule has 3 aromatic rings. The number of nitrogens with one attached hydrogen (secondary N) is 1. The molecule has 2 heterocycles. The molecule has 1 aliphatic rings. The number of hydrogen-bond acceptors (Lipinski definition) is 8. The van der Waals surface area contributed by atoms with Gasteiger partial charge in [-0.1, -0.05) is 5.16 Å². The van der Waals surface area contributed by atoms with E-state index in [4.69, 9.17) is 23.7 Å². The monoisotopic (exact) mass is 342 g/mol. The van der Waals surface area contributed by atoms with Gasteiger partial charge in [0, 0.05) is 22.8 Å². The molecule has 0 spiro atoms. The number of ether oxygens (including phenoxy) is 2. The molecule has 8 nitrogen and oxygen atoms in total. The van der Waals surface area contributed by atoms with Crippen molar-refractivity contribution in [2.75, 3.05) is 14.2 Å². The molecule has 2 N–H and O–H groups in total. The van der Waals surface area contributed by atoms with Crippen LogP contribution in [-0.4, -0.2) is 24.5 Å². The molecule has 0 saturated carbocycles. The van der Waals surface area contributed by atoms with Crippen LogP contribution >= 0.6 is 0 Å². The average molecular weight is 342 g/mol. The Kier molecular flexibility index (Phi) is 3.58. The quantitative estimate of drug-likeness (QED) is 0.747. The van der Waals surface area contributed by atoms with Gasteiger partial charge in [0.25, 0.3) is 0 Å². The van der Waals surface area contributed by atoms with Gasteiger partial charge in [-0.15, -0.1) is 0 Å². The van der Waals surface area contributed by atoms with E-state index in [0.717, 1.165) is 0 Å². The number of aromatic nitrogens is 1. The number of methoxy groups -OCH3 is 2. The van der Waals surface area contributed by atoms with Crippen molar-refractivity contribution in [3.63, 3.8) is 0 Å². The minimum Gasteiger partial charge on any atom is -0.507 e. The first-order valence-corrected chi connectivity index (χ1v) is 7.34. The molecule has 8 heteroatoms. The van der Waals surface area contributed by atoms with E-state index in [2.05, 4.69) is 10.8 Å². The van der Waals surface area contributed by atoms with E-state index in [1.54, 1.807) is 24.3 Å². The molecule has 4 rings (SSSR count). The smallest absolute Gasteiger partial charge is 0.237 e. The largest absolute Gasteiger partial charge is 0.507 e. The van der Waals surface area contributed by atoms with Gasteiger partial charge >= 0.3 is 0 Å². The molecular formula is C17H14N2O6. The second kappa shape index (κ2) is 5.91. The maximum absolute atomic E-state index is 10.3. The van der Waals surface area contributed by atoms with Gasteiger partial charge in [0.1, 0.15) is 23.5 Å². The molecule has 2 aromatic carbocycles. The van der Waals surface area contributed by atoms with Crippen LogP contribution in [-0.2, 0) is 0 Å². The fourth-order valence-electron chi connectivity index (χ4n) is 2.65. The van der Waals surface area contributed by atoms with Crippen LogP contribution in [0, 0.1) is 0 Å². The first kappa shape index (κ1) is 15.2. The second-order valence-corrected chi connectivity index (χ2v) is 5.25. The van der Waals surface area contributed by atoms with Crippen LogP contribution in [0.5, 0.6) is 28.7 Å². The lowest BCUT2D eigenvalue weighted by Gasteiger charge is -2.08. The molecule has 25 heavy (non-hydrogen) atoms. The summed E-state index contributed by atoms with van der Waals surface area (Å²) in [5, 5.41) is 14.4. The molecule has 0 saturated heterocycles. The van der Waals surface area contributed by atoms with Crippen LogP contribution in [0.4, 0.5) is 0 Å². The number of hydrogen-bond donors (Lipinski definition) is 2. The summed E-state index contributed by atoms with van der Waals surface area (Å²) in [4.78, 5) is 10.4. The van der Waals surface area contributed by atoms with Crippen LogP contribution in [0.2, 0.25) is 0 Å². The van der Waals surface area contributed by atoms with E-state index in [9.17, 15) is 5.11 Å². The number of phenols is 1. The van der Waals surface area contributed by atoms with Gasteiger partial charge in [0.15, 0.2) is 5.75 Å². The highest BCUT2D eigenvalue weighted by atomic mass is 16.9. The highest BCUT2D eigenvalue weighted by Gasteiger charge is 2.24. The first-order chi connectivity index (χ1) is 12.2. The Morgan fingerprint density at radius 3 is 2.68 bits per heavy atom. The zero-order chi connectivity index (χ0) is 17.4. The van der Waals surface area contributed by atoms with Crippen molar-refractivity contribution in [3.05, 3.63) is 36.6 Å². The summed E-state index contributed by atoms with van der Waals surface area (Å²) in [7, 11) is 3.06. The maximum atomic E-state index is 10.3. The number of aromatic hydroxyl groups is 1. The summed E-state index contributed by atoms with van der Waals surface area (Å²) >= 11 is 0. The van der Waals surface area contributed by atoms with Gasteiger partial charge in [-0.3, -0.25) is 0 Å². The third-order valence-electron chi connectivity index (χ3n) is 3.87. The highest BCUT2D eigenvalue weighted by Crippen LogP contribution is 2.45. The van der Waals surface area contributed by atoms with Gasteiger partial charge in [-0.05, 0) is 24.3 Å². The summed E-state index contributed by atoms with van der Waals surface area (Å²) in [5.41, 5.74) is 4.71. The predicted molar refractivity (Wildman–Crippen MR) is 86.5 cm³/mol. The fourth-order valence-corrected chi connectivity index (χ4v) is 2.65. The summed E-state index contributed by atoms with van der Waals surface area (Å²) < 4.78 is 15.6. The summed E-state index contributed by atoms with van der Waals surface area (Å²) in [5.74, 6) is 1.99. The molecule has 0 unspecified atom stereocenters. The van der Waals surface area contributed by atoms with E-state index < -0.39 is 0 Å². The van der Waals surface area contributed by atoms with Crippen LogP contribution in [0.15, 0.2) is 41.1 Å². The molecular weight excluding hydrogens is 328 g/mol. The summed E-state index contributed by atoms with van der Waals surface area (Å²) in [6.07, 6.45) is 1.46. The van der Waals surface area contributed by atoms with E-state index in [0.29, 0.717) is 45.4 Å². The third-order valence-corrected chi connectivity index (χ3v) is 3.87. The Morgan fingerprint density at radius 1 is 1.04 bits per heavy atom. The highest BCUT2D eigenvalue weighted by molar-refractivity contribution is 5.84. The molecule has 0 fully saturated rings. The zero-order valence-corrected chi connectivity index (χ0v) is 13.4. The lowest BCUT2D eigenvalue weighted by molar-refractivity contribution is 0.0248. The van der Waals surface area contributed by atoms with E-state index in [-0.39, 0.29) is 5.75 Å². The molecule has 0 aliphatic carbocycles. The number of phenolic OH excluding ortho intramolecular Hbond substituents is 1. The summed E-state index contributed by atoms with van der Waals surface area (Å²) in [6.45, 7) is 0. The number of fused-ring (bicyclic) bond motifs is 1. The van der Waals surface area contributed by atoms with E-state index in [1.807, 2.05) is 0 Å². The van der Waals surface area contributed by atoms with Gasteiger partial charge in [0.05, 0.1) is 19.8 Å². The molecule has 128 valence electrons. The molecule has 0 atom stereocenters. The standard InChI is InChI=1S/C17H14N2O6/c1-21-10-3-4-11(13(20)7-10)12-8-23-18-16(12)9-5-14(22-2)17-15(6-9)24-19-25-17/h3-8,19-20H,1-2H3. The first-order valence-electron chi connectivity index (χ1n) is 7.34. The average Bonchev–Trinajstić information content (AvgIpc) is 3.29. The normalized spacial score (nSPS) is 12.2. The molecule has 0 radical (unpaired) electrons. The number of rotatable bonds is 4. The Morgan fingerprint density at radius 2 is 1.92 bits per heavy atom. The van der Waals surface area contributed by atoms with Crippen molar-refractivity contribution in [3.8, 4) is 51.1 Å². The van der Waals surface area contributed by atoms with Crippen molar-refractivity contribution >= 4 is 0 Å². The summed E-state index contributed by atoms with van der Waals surface area (Å²) in [6, 6.07) is 8.49. The minimum atomic E-state index is 0.0539. The van der Waals surface area contributed by atoms with Crippen LogP contribution in [0.3, 0.4) is 0 Å². The van der Waals surface area contributed by atoms with Gasteiger partial charge < -0.3 is 28.8 Å². The lowest BCUT2D eigenvalue weighted by atomic mass is 10.0. The lowest BCUT2D eigenvalue weighted by Crippen LogP contribution is -2.14. The van der Waals surface area contributed by atoms with Crippen molar-refractivity contribution < 1.29 is 28.8 Å². The number of benzene rings is 2. The third kappa shape index (κ3) is 2.48. The molecule has 1 aliphatic heterocycles. The van der Waals surface area contributed by atoms with Gasteiger partial charge in [0.2, 0.25) is 11.5 Å².